The Hall–Kier alpha value is -4.26. The zero-order valence-corrected chi connectivity index (χ0v) is 20.9. The van der Waals surface area contributed by atoms with Gasteiger partial charge in [0.2, 0.25) is 11.8 Å². The van der Waals surface area contributed by atoms with Gasteiger partial charge in [0.05, 0.1) is 27.8 Å². The normalized spacial score (nSPS) is 11.2. The van der Waals surface area contributed by atoms with Gasteiger partial charge in [0.25, 0.3) is 0 Å². The molecule has 0 aromatic heterocycles. The summed E-state index contributed by atoms with van der Waals surface area (Å²) < 4.78 is 16.0. The number of carbonyl (C=O) groups is 2. The quantitative estimate of drug-likeness (QED) is 0.384. The van der Waals surface area contributed by atoms with E-state index in [1.165, 1.54) is 0 Å². The van der Waals surface area contributed by atoms with Crippen LogP contribution in [-0.2, 0) is 22.6 Å². The minimum absolute atomic E-state index is 0.0780. The van der Waals surface area contributed by atoms with Crippen molar-refractivity contribution in [3.63, 3.8) is 0 Å². The van der Waals surface area contributed by atoms with E-state index in [1.807, 2.05) is 60.7 Å². The molecule has 0 aliphatic carbocycles. The number of rotatable bonds is 12. The Labute approximate surface area is 212 Å². The first-order valence-corrected chi connectivity index (χ1v) is 11.6. The van der Waals surface area contributed by atoms with Gasteiger partial charge in [-0.05, 0) is 41.0 Å². The van der Waals surface area contributed by atoms with Gasteiger partial charge in [-0.25, -0.2) is 0 Å². The van der Waals surface area contributed by atoms with Crippen LogP contribution in [0.4, 0.5) is 0 Å². The van der Waals surface area contributed by atoms with Crippen LogP contribution in [-0.4, -0.2) is 44.6 Å². The summed E-state index contributed by atoms with van der Waals surface area (Å²) in [7, 11) is 4.71. The van der Waals surface area contributed by atoms with Crippen LogP contribution in [0.1, 0.15) is 22.7 Å². The molecule has 0 aliphatic rings. The molecule has 7 nitrogen and oxygen atoms in total. The molecule has 3 rings (SSSR count). The van der Waals surface area contributed by atoms with Crippen molar-refractivity contribution in [2.45, 2.75) is 19.0 Å². The van der Waals surface area contributed by atoms with Crippen LogP contribution in [0.2, 0.25) is 0 Å². The number of amides is 2. The first-order chi connectivity index (χ1) is 17.5. The first kappa shape index (κ1) is 26.3. The molecule has 3 aromatic rings. The van der Waals surface area contributed by atoms with Crippen molar-refractivity contribution in [2.24, 2.45) is 0 Å². The molecule has 0 aliphatic heterocycles. The van der Waals surface area contributed by atoms with Crippen LogP contribution in [0.5, 0.6) is 17.2 Å². The van der Waals surface area contributed by atoms with Crippen LogP contribution in [0, 0.1) is 0 Å². The molecule has 0 spiro atoms. The Morgan fingerprint density at radius 3 is 2.17 bits per heavy atom. The van der Waals surface area contributed by atoms with E-state index in [4.69, 9.17) is 14.2 Å². The molecule has 0 fully saturated rings. The zero-order chi connectivity index (χ0) is 25.9. The molecule has 36 heavy (non-hydrogen) atoms. The number of nitrogens with one attached hydrogen (secondary N) is 1. The van der Waals surface area contributed by atoms with Crippen molar-refractivity contribution in [1.82, 2.24) is 10.2 Å². The van der Waals surface area contributed by atoms with Gasteiger partial charge in [-0.15, -0.1) is 6.58 Å². The molecular formula is C29H32N2O5. The molecule has 2 amide bonds. The summed E-state index contributed by atoms with van der Waals surface area (Å²) in [5.74, 6) is 1.34. The largest absolute Gasteiger partial charge is 0.497 e. The lowest BCUT2D eigenvalue weighted by Crippen LogP contribution is -2.44. The second kappa shape index (κ2) is 13.0. The SMILES string of the molecule is C=CCNC(=O)[C@@H](c1ccccc1)N(Cc1ccc(OC)cc1)C(=O)Cc1ccc(OC)c(OC)c1. The predicted octanol–water partition coefficient (Wildman–Crippen LogP) is 4.33. The van der Waals surface area contributed by atoms with Crippen molar-refractivity contribution in [3.8, 4) is 17.2 Å². The van der Waals surface area contributed by atoms with Crippen LogP contribution in [0.15, 0.2) is 85.5 Å². The highest BCUT2D eigenvalue weighted by molar-refractivity contribution is 5.89. The van der Waals surface area contributed by atoms with E-state index in [-0.39, 0.29) is 24.8 Å². The highest BCUT2D eigenvalue weighted by atomic mass is 16.5. The maximum absolute atomic E-state index is 13.8. The van der Waals surface area contributed by atoms with E-state index in [0.29, 0.717) is 29.4 Å². The summed E-state index contributed by atoms with van der Waals surface area (Å²) >= 11 is 0. The fourth-order valence-corrected chi connectivity index (χ4v) is 3.90. The third-order valence-corrected chi connectivity index (χ3v) is 5.73. The van der Waals surface area contributed by atoms with Gasteiger partial charge in [0.15, 0.2) is 11.5 Å². The topological polar surface area (TPSA) is 77.1 Å². The molecule has 0 heterocycles. The van der Waals surface area contributed by atoms with Crippen molar-refractivity contribution < 1.29 is 23.8 Å². The number of hydrogen-bond acceptors (Lipinski definition) is 5. The standard InChI is InChI=1S/C29H32N2O5/c1-5-17-30-29(33)28(23-9-7-6-8-10-23)31(20-21-11-14-24(34-2)15-12-21)27(32)19-22-13-16-25(35-3)26(18-22)36-4/h5-16,18,28H,1,17,19-20H2,2-4H3,(H,30,33)/t28-/m1/s1. The van der Waals surface area contributed by atoms with Crippen molar-refractivity contribution in [1.29, 1.82) is 0 Å². The van der Waals surface area contributed by atoms with Crippen molar-refractivity contribution >= 4 is 11.8 Å². The average Bonchev–Trinajstić information content (AvgIpc) is 2.92. The second-order valence-electron chi connectivity index (χ2n) is 8.08. The van der Waals surface area contributed by atoms with Crippen LogP contribution >= 0.6 is 0 Å². The summed E-state index contributed by atoms with van der Waals surface area (Å²) in [6.07, 6.45) is 1.69. The fourth-order valence-electron chi connectivity index (χ4n) is 3.90. The summed E-state index contributed by atoms with van der Waals surface area (Å²) in [6, 6.07) is 21.3. The van der Waals surface area contributed by atoms with Crippen LogP contribution in [0.25, 0.3) is 0 Å². The van der Waals surface area contributed by atoms with Gasteiger partial charge in [-0.2, -0.15) is 0 Å². The number of ether oxygens (including phenoxy) is 3. The first-order valence-electron chi connectivity index (χ1n) is 11.6. The number of methoxy groups -OCH3 is 3. The highest BCUT2D eigenvalue weighted by Crippen LogP contribution is 2.29. The van der Waals surface area contributed by atoms with E-state index in [0.717, 1.165) is 11.1 Å². The molecule has 1 atom stereocenters. The van der Waals surface area contributed by atoms with E-state index in [1.54, 1.807) is 44.4 Å². The summed E-state index contributed by atoms with van der Waals surface area (Å²) in [5.41, 5.74) is 2.33. The maximum Gasteiger partial charge on any atom is 0.247 e. The molecule has 0 radical (unpaired) electrons. The number of carbonyl (C=O) groups excluding carboxylic acids is 2. The summed E-state index contributed by atoms with van der Waals surface area (Å²) in [4.78, 5) is 28.8. The third-order valence-electron chi connectivity index (χ3n) is 5.73. The molecule has 7 heteroatoms. The maximum atomic E-state index is 13.8. The smallest absolute Gasteiger partial charge is 0.247 e. The number of nitrogens with zero attached hydrogens (tertiary/aromatic N) is 1. The number of hydrogen-bond donors (Lipinski definition) is 1. The van der Waals surface area contributed by atoms with E-state index < -0.39 is 6.04 Å². The Bertz CT molecular complexity index is 1160. The average molecular weight is 489 g/mol. The van der Waals surface area contributed by atoms with E-state index in [9.17, 15) is 9.59 Å². The van der Waals surface area contributed by atoms with Gasteiger partial charge in [-0.1, -0.05) is 54.6 Å². The third kappa shape index (κ3) is 6.66. The molecule has 0 unspecified atom stereocenters. The lowest BCUT2D eigenvalue weighted by molar-refractivity contribution is -0.141. The number of benzene rings is 3. The molecule has 0 saturated heterocycles. The summed E-state index contributed by atoms with van der Waals surface area (Å²) in [6.45, 7) is 4.21. The molecule has 0 bridgehead atoms. The fraction of sp³-hybridized carbons (Fsp3) is 0.241. The van der Waals surface area contributed by atoms with E-state index in [2.05, 4.69) is 11.9 Å². The van der Waals surface area contributed by atoms with Crippen molar-refractivity contribution in [2.75, 3.05) is 27.9 Å². The van der Waals surface area contributed by atoms with Crippen LogP contribution in [0.3, 0.4) is 0 Å². The Morgan fingerprint density at radius 1 is 0.889 bits per heavy atom. The lowest BCUT2D eigenvalue weighted by atomic mass is 10.0. The van der Waals surface area contributed by atoms with Gasteiger partial charge < -0.3 is 24.4 Å². The predicted molar refractivity (Wildman–Crippen MR) is 139 cm³/mol. The van der Waals surface area contributed by atoms with Gasteiger partial charge in [0.1, 0.15) is 11.8 Å². The van der Waals surface area contributed by atoms with E-state index >= 15 is 0 Å². The van der Waals surface area contributed by atoms with Gasteiger partial charge in [-0.3, -0.25) is 9.59 Å². The molecule has 0 saturated carbocycles. The Morgan fingerprint density at radius 2 is 1.56 bits per heavy atom. The summed E-state index contributed by atoms with van der Waals surface area (Å²) in [5, 5.41) is 2.86. The Balaban J connectivity index is 2.00. The lowest BCUT2D eigenvalue weighted by Gasteiger charge is -2.32. The molecule has 1 N–H and O–H groups in total. The van der Waals surface area contributed by atoms with Gasteiger partial charge >= 0.3 is 0 Å². The molecule has 188 valence electrons. The minimum Gasteiger partial charge on any atom is -0.497 e. The zero-order valence-electron chi connectivity index (χ0n) is 20.9. The molecule has 3 aromatic carbocycles. The highest BCUT2D eigenvalue weighted by Gasteiger charge is 2.31. The second-order valence-corrected chi connectivity index (χ2v) is 8.08. The minimum atomic E-state index is -0.833. The van der Waals surface area contributed by atoms with Crippen LogP contribution < -0.4 is 19.5 Å². The Kier molecular flexibility index (Phi) is 9.51. The monoisotopic (exact) mass is 488 g/mol. The molecular weight excluding hydrogens is 456 g/mol. The van der Waals surface area contributed by atoms with Crippen molar-refractivity contribution in [3.05, 3.63) is 102 Å². The van der Waals surface area contributed by atoms with Gasteiger partial charge in [0, 0.05) is 13.1 Å².